The third-order valence-corrected chi connectivity index (χ3v) is 11.1. The Morgan fingerprint density at radius 1 is 0.345 bits per heavy atom. The summed E-state index contributed by atoms with van der Waals surface area (Å²) in [6.07, 6.45) is 0. The van der Waals surface area contributed by atoms with Gasteiger partial charge in [-0.2, -0.15) is 5.26 Å². The standard InChI is InChI=1S/C53H33N5/c54-34-35-13-12-16-39(29-35)48-33-47(36-14-4-1-5-15-36)55-53(56-48)40-25-28-52-46(32-40)45-31-38(24-27-51(45)58(52)42-19-8-3-9-20-42)37-23-26-50-44(30-37)43-21-10-11-22-49(43)57(50)41-17-6-2-7-18-41/h1-33H. The highest BCUT2D eigenvalue weighted by Gasteiger charge is 2.18. The largest absolute Gasteiger partial charge is 0.309 e. The molecule has 5 nitrogen and oxygen atoms in total. The predicted molar refractivity (Wildman–Crippen MR) is 237 cm³/mol. The summed E-state index contributed by atoms with van der Waals surface area (Å²) in [4.78, 5) is 10.3. The number of aromatic nitrogens is 4. The Labute approximate surface area is 335 Å². The molecule has 0 aliphatic carbocycles. The zero-order valence-corrected chi connectivity index (χ0v) is 31.3. The zero-order valence-electron chi connectivity index (χ0n) is 31.3. The van der Waals surface area contributed by atoms with Gasteiger partial charge in [0.05, 0.1) is 45.1 Å². The van der Waals surface area contributed by atoms with Crippen molar-refractivity contribution in [2.24, 2.45) is 0 Å². The van der Waals surface area contributed by atoms with E-state index in [1.165, 1.54) is 21.8 Å². The fourth-order valence-corrected chi connectivity index (χ4v) is 8.43. The average Bonchev–Trinajstić information content (AvgIpc) is 3.81. The lowest BCUT2D eigenvalue weighted by Gasteiger charge is -2.10. The molecule has 0 saturated carbocycles. The molecule has 11 rings (SSSR count). The minimum Gasteiger partial charge on any atom is -0.309 e. The van der Waals surface area contributed by atoms with Gasteiger partial charge in [-0.1, -0.05) is 109 Å². The van der Waals surface area contributed by atoms with Crippen LogP contribution >= 0.6 is 0 Å². The molecule has 0 saturated heterocycles. The second-order valence-corrected chi connectivity index (χ2v) is 14.6. The number of rotatable bonds is 6. The number of benzene rings is 8. The third kappa shape index (κ3) is 5.55. The molecule has 270 valence electrons. The van der Waals surface area contributed by atoms with E-state index in [-0.39, 0.29) is 0 Å². The lowest BCUT2D eigenvalue weighted by molar-refractivity contribution is 1.17. The van der Waals surface area contributed by atoms with Crippen LogP contribution in [0.25, 0.3) is 100 Å². The van der Waals surface area contributed by atoms with E-state index in [4.69, 9.17) is 9.97 Å². The van der Waals surface area contributed by atoms with Crippen LogP contribution in [-0.2, 0) is 0 Å². The molecule has 11 aromatic rings. The lowest BCUT2D eigenvalue weighted by Crippen LogP contribution is -1.96. The molecule has 0 unspecified atom stereocenters. The molecule has 3 heterocycles. The van der Waals surface area contributed by atoms with Crippen LogP contribution in [0.15, 0.2) is 200 Å². The molecule has 3 aromatic heterocycles. The van der Waals surface area contributed by atoms with E-state index < -0.39 is 0 Å². The van der Waals surface area contributed by atoms with Crippen molar-refractivity contribution in [2.75, 3.05) is 0 Å². The fourth-order valence-electron chi connectivity index (χ4n) is 8.43. The number of nitrogens with zero attached hydrogens (tertiary/aromatic N) is 5. The third-order valence-electron chi connectivity index (χ3n) is 11.1. The summed E-state index contributed by atoms with van der Waals surface area (Å²) in [5, 5.41) is 14.4. The molecule has 0 bridgehead atoms. The lowest BCUT2D eigenvalue weighted by atomic mass is 10.00. The maximum atomic E-state index is 9.68. The van der Waals surface area contributed by atoms with Crippen LogP contribution in [0, 0.1) is 11.3 Å². The van der Waals surface area contributed by atoms with E-state index in [9.17, 15) is 5.26 Å². The average molecular weight is 740 g/mol. The van der Waals surface area contributed by atoms with Gasteiger partial charge in [-0.3, -0.25) is 0 Å². The highest BCUT2D eigenvalue weighted by Crippen LogP contribution is 2.39. The summed E-state index contributed by atoms with van der Waals surface area (Å²) in [6, 6.07) is 72.1. The number of fused-ring (bicyclic) bond motifs is 6. The van der Waals surface area contributed by atoms with Gasteiger partial charge in [0.25, 0.3) is 0 Å². The van der Waals surface area contributed by atoms with Gasteiger partial charge in [-0.25, -0.2) is 9.97 Å². The molecule has 58 heavy (non-hydrogen) atoms. The van der Waals surface area contributed by atoms with Crippen molar-refractivity contribution < 1.29 is 0 Å². The Balaban J connectivity index is 1.11. The van der Waals surface area contributed by atoms with Gasteiger partial charge in [0.2, 0.25) is 0 Å². The molecular formula is C53H33N5. The van der Waals surface area contributed by atoms with Crippen LogP contribution in [0.2, 0.25) is 0 Å². The topological polar surface area (TPSA) is 59.4 Å². The molecule has 8 aromatic carbocycles. The first kappa shape index (κ1) is 33.3. The number of hydrogen-bond acceptors (Lipinski definition) is 3. The van der Waals surface area contributed by atoms with Crippen molar-refractivity contribution in [3.05, 3.63) is 206 Å². The van der Waals surface area contributed by atoms with E-state index in [1.807, 2.05) is 48.5 Å². The summed E-state index contributed by atoms with van der Waals surface area (Å²) < 4.78 is 4.70. The van der Waals surface area contributed by atoms with Crippen LogP contribution in [-0.4, -0.2) is 19.1 Å². The monoisotopic (exact) mass is 739 g/mol. The molecule has 0 atom stereocenters. The second kappa shape index (κ2) is 13.6. The van der Waals surface area contributed by atoms with Crippen LogP contribution in [0.5, 0.6) is 0 Å². The van der Waals surface area contributed by atoms with Crippen molar-refractivity contribution in [1.29, 1.82) is 5.26 Å². The van der Waals surface area contributed by atoms with Crippen molar-refractivity contribution in [2.45, 2.75) is 0 Å². The van der Waals surface area contributed by atoms with E-state index in [1.54, 1.807) is 0 Å². The van der Waals surface area contributed by atoms with Crippen LogP contribution in [0.3, 0.4) is 0 Å². The minimum absolute atomic E-state index is 0.589. The Morgan fingerprint density at radius 3 is 1.41 bits per heavy atom. The Kier molecular flexibility index (Phi) is 7.80. The molecule has 0 spiro atoms. The second-order valence-electron chi connectivity index (χ2n) is 14.6. The van der Waals surface area contributed by atoms with Gasteiger partial charge in [-0.15, -0.1) is 0 Å². The number of hydrogen-bond donors (Lipinski definition) is 0. The van der Waals surface area contributed by atoms with E-state index >= 15 is 0 Å². The van der Waals surface area contributed by atoms with Gasteiger partial charge in [0, 0.05) is 49.6 Å². The first-order chi connectivity index (χ1) is 28.7. The summed E-state index contributed by atoms with van der Waals surface area (Å²) in [5.74, 6) is 0.623. The van der Waals surface area contributed by atoms with Gasteiger partial charge in [0.15, 0.2) is 5.82 Å². The number of para-hydroxylation sites is 3. The Hall–Kier alpha value is -8.07. The highest BCUT2D eigenvalue weighted by atomic mass is 15.0. The number of nitriles is 1. The van der Waals surface area contributed by atoms with E-state index in [0.29, 0.717) is 11.4 Å². The summed E-state index contributed by atoms with van der Waals surface area (Å²) in [7, 11) is 0. The minimum atomic E-state index is 0.589. The van der Waals surface area contributed by atoms with Crippen LogP contribution in [0.4, 0.5) is 0 Å². The van der Waals surface area contributed by atoms with Crippen molar-refractivity contribution in [3.8, 4) is 62.5 Å². The fraction of sp³-hybridized carbons (Fsp3) is 0. The van der Waals surface area contributed by atoms with Gasteiger partial charge in [0.1, 0.15) is 0 Å². The summed E-state index contributed by atoms with van der Waals surface area (Å²) in [5.41, 5.74) is 14.1. The van der Waals surface area contributed by atoms with Crippen LogP contribution < -0.4 is 0 Å². The molecule has 0 radical (unpaired) electrons. The molecule has 0 N–H and O–H groups in total. The highest BCUT2D eigenvalue weighted by molar-refractivity contribution is 6.13. The van der Waals surface area contributed by atoms with Crippen LogP contribution in [0.1, 0.15) is 5.56 Å². The Bertz CT molecular complexity index is 3390. The first-order valence-electron chi connectivity index (χ1n) is 19.4. The van der Waals surface area contributed by atoms with Gasteiger partial charge < -0.3 is 9.13 Å². The normalized spacial score (nSPS) is 11.4. The van der Waals surface area contributed by atoms with E-state index in [2.05, 4.69) is 167 Å². The zero-order chi connectivity index (χ0) is 38.6. The quantitative estimate of drug-likeness (QED) is 0.171. The molecule has 0 aliphatic heterocycles. The van der Waals surface area contributed by atoms with Gasteiger partial charge >= 0.3 is 0 Å². The smallest absolute Gasteiger partial charge is 0.160 e. The molecule has 0 amide bonds. The maximum absolute atomic E-state index is 9.68. The summed E-state index contributed by atoms with van der Waals surface area (Å²) in [6.45, 7) is 0. The van der Waals surface area contributed by atoms with Crippen molar-refractivity contribution >= 4 is 43.6 Å². The molecule has 0 fully saturated rings. The SMILES string of the molecule is N#Cc1cccc(-c2cc(-c3ccccc3)nc(-c3ccc4c(c3)c3cc(-c5ccc6c(c5)c5ccccc5n6-c5ccccc5)ccc3n4-c3ccccc3)n2)c1. The predicted octanol–water partition coefficient (Wildman–Crippen LogP) is 13.2. The van der Waals surface area contributed by atoms with Crippen molar-refractivity contribution in [3.63, 3.8) is 0 Å². The first-order valence-corrected chi connectivity index (χ1v) is 19.4. The maximum Gasteiger partial charge on any atom is 0.160 e. The molecule has 0 aliphatic rings. The van der Waals surface area contributed by atoms with Crippen molar-refractivity contribution in [1.82, 2.24) is 19.1 Å². The molecular weight excluding hydrogens is 707 g/mol. The Morgan fingerprint density at radius 2 is 0.810 bits per heavy atom. The molecule has 5 heteroatoms. The summed E-state index contributed by atoms with van der Waals surface area (Å²) >= 11 is 0. The van der Waals surface area contributed by atoms with Gasteiger partial charge in [-0.05, 0) is 102 Å². The van der Waals surface area contributed by atoms with E-state index in [0.717, 1.165) is 72.4 Å².